The number of nitrogens with zero attached hydrogens (tertiary/aromatic N) is 2. The molecular formula is C70H148N2O4S. The van der Waals surface area contributed by atoms with Crippen LogP contribution in [0.5, 0.6) is 0 Å². The molecule has 2 unspecified atom stereocenters. The number of hydrogen-bond acceptors (Lipinski definition) is 4. The lowest BCUT2D eigenvalue weighted by Crippen LogP contribution is -2.49. The van der Waals surface area contributed by atoms with E-state index < -0.39 is 10.4 Å². The molecule has 468 valence electrons. The van der Waals surface area contributed by atoms with E-state index in [-0.39, 0.29) is 0 Å². The van der Waals surface area contributed by atoms with Crippen molar-refractivity contribution in [2.24, 2.45) is 0 Å². The average molecular weight is 1110 g/mol. The monoisotopic (exact) mass is 1110 g/mol. The second kappa shape index (κ2) is 66.6. The third-order valence-corrected chi connectivity index (χ3v) is 17.7. The molecule has 0 radical (unpaired) electrons. The third kappa shape index (κ3) is 68.2. The van der Waals surface area contributed by atoms with Gasteiger partial charge in [-0.2, -0.15) is 0 Å². The lowest BCUT2D eigenvalue weighted by atomic mass is 10.0. The van der Waals surface area contributed by atoms with Crippen LogP contribution >= 0.6 is 0 Å². The zero-order chi connectivity index (χ0) is 57.3. The third-order valence-electron chi connectivity index (χ3n) is 17.7. The molecule has 0 rings (SSSR count). The van der Waals surface area contributed by atoms with Gasteiger partial charge < -0.3 is 18.1 Å². The van der Waals surface area contributed by atoms with Crippen molar-refractivity contribution in [2.75, 3.05) is 52.4 Å². The van der Waals surface area contributed by atoms with Crippen LogP contribution < -0.4 is 0 Å². The fourth-order valence-corrected chi connectivity index (χ4v) is 12.4. The maximum absolute atomic E-state index is 8.52. The molecule has 0 bridgehead atoms. The number of unbranched alkanes of at least 4 members (excludes halogenated alkanes) is 48. The first kappa shape index (κ1) is 81.0. The molecule has 0 aliphatic heterocycles. The summed E-state index contributed by atoms with van der Waals surface area (Å²) in [6, 6.07) is 0. The highest BCUT2D eigenvalue weighted by Gasteiger charge is 2.24. The van der Waals surface area contributed by atoms with Gasteiger partial charge in [0.2, 0.25) is 0 Å². The highest BCUT2D eigenvalue weighted by molar-refractivity contribution is 7.79. The Hall–Kier alpha value is -0.210. The van der Waals surface area contributed by atoms with Crippen LogP contribution in [0.25, 0.3) is 0 Å². The van der Waals surface area contributed by atoms with E-state index in [1.54, 1.807) is 0 Å². The van der Waals surface area contributed by atoms with Gasteiger partial charge in [0.15, 0.2) is 0 Å². The van der Waals surface area contributed by atoms with Crippen LogP contribution in [-0.4, -0.2) is 78.8 Å². The zero-order valence-electron chi connectivity index (χ0n) is 54.8. The Kier molecular flexibility index (Phi) is 70.1. The van der Waals surface area contributed by atoms with Crippen molar-refractivity contribution in [3.8, 4) is 0 Å². The first-order valence-corrected chi connectivity index (χ1v) is 37.2. The van der Waals surface area contributed by atoms with Crippen molar-refractivity contribution in [1.29, 1.82) is 0 Å². The van der Waals surface area contributed by atoms with Crippen molar-refractivity contribution in [3.05, 3.63) is 0 Å². The molecule has 0 N–H and O–H groups in total. The summed E-state index contributed by atoms with van der Waals surface area (Å²) < 4.78 is 36.9. The summed E-state index contributed by atoms with van der Waals surface area (Å²) in [6.45, 7) is 30.3. The molecule has 0 aliphatic carbocycles. The van der Waals surface area contributed by atoms with E-state index in [0.29, 0.717) is 0 Å². The summed E-state index contributed by atoms with van der Waals surface area (Å²) in [5, 5.41) is 0. The van der Waals surface area contributed by atoms with E-state index in [4.69, 9.17) is 17.5 Å². The first-order chi connectivity index (χ1) is 37.5. The molecule has 0 aromatic carbocycles. The van der Waals surface area contributed by atoms with Gasteiger partial charge in [0.1, 0.15) is 0 Å². The summed E-state index contributed by atoms with van der Waals surface area (Å²) >= 11 is 0. The Balaban J connectivity index is -0.00000130. The van der Waals surface area contributed by atoms with Gasteiger partial charge in [-0.25, -0.2) is 0 Å². The number of quaternary nitrogens is 2. The lowest BCUT2D eigenvalue weighted by Gasteiger charge is -2.38. The summed E-state index contributed by atoms with van der Waals surface area (Å²) in [7, 11) is -5.17. The van der Waals surface area contributed by atoms with Crippen LogP contribution in [0.1, 0.15) is 402 Å². The molecule has 0 heterocycles. The van der Waals surface area contributed by atoms with Gasteiger partial charge in [0.05, 0.1) is 52.4 Å². The maximum Gasteiger partial charge on any atom is 0.0786 e. The molecule has 6 nitrogen and oxygen atoms in total. The Morgan fingerprint density at radius 3 is 0.416 bits per heavy atom. The molecule has 0 fully saturated rings. The molecule has 0 saturated carbocycles. The summed E-state index contributed by atoms with van der Waals surface area (Å²) in [6.07, 6.45) is 78.9. The SMILES string of the molecule is CCCCCCCCCCCCCCCCCC[N+](CC)(CCC)CCCCCCCCCCCC.CCCCCCCCCCCCCCCCCC[N+](CC)(CCC)CCCCCCCCCCCC.O=S(=O)([O-])[O-]. The molecule has 0 aliphatic rings. The van der Waals surface area contributed by atoms with Gasteiger partial charge in [-0.1, -0.05) is 324 Å². The van der Waals surface area contributed by atoms with Gasteiger partial charge in [0, 0.05) is 10.4 Å². The largest absolute Gasteiger partial charge is 0.759 e. The summed E-state index contributed by atoms with van der Waals surface area (Å²) in [5.74, 6) is 0. The molecule has 0 amide bonds. The minimum Gasteiger partial charge on any atom is -0.759 e. The first-order valence-electron chi connectivity index (χ1n) is 35.9. The van der Waals surface area contributed by atoms with Crippen LogP contribution in [0.3, 0.4) is 0 Å². The predicted molar refractivity (Wildman–Crippen MR) is 345 cm³/mol. The van der Waals surface area contributed by atoms with Crippen molar-refractivity contribution in [3.63, 3.8) is 0 Å². The van der Waals surface area contributed by atoms with E-state index in [1.807, 2.05) is 0 Å². The minimum atomic E-state index is -5.17. The second-order valence-corrected chi connectivity index (χ2v) is 25.9. The average Bonchev–Trinajstić information content (AvgIpc) is 3.41. The van der Waals surface area contributed by atoms with Gasteiger partial charge >= 0.3 is 0 Å². The summed E-state index contributed by atoms with van der Waals surface area (Å²) in [5.41, 5.74) is 0. The molecule has 0 aromatic rings. The number of hydrogen-bond donors (Lipinski definition) is 0. The Morgan fingerprint density at radius 2 is 0.312 bits per heavy atom. The highest BCUT2D eigenvalue weighted by Crippen LogP contribution is 2.21. The van der Waals surface area contributed by atoms with Crippen LogP contribution in [-0.2, 0) is 10.4 Å². The van der Waals surface area contributed by atoms with E-state index in [2.05, 4.69) is 55.4 Å². The van der Waals surface area contributed by atoms with Crippen molar-refractivity contribution >= 4 is 10.4 Å². The van der Waals surface area contributed by atoms with E-state index >= 15 is 0 Å². The quantitative estimate of drug-likeness (QED) is 0.0263. The standard InChI is InChI=1S/2C35H74N.H2O4S/c2*1-5-9-11-13-15-17-19-20-21-22-23-24-26-28-30-32-35-36(8-4,33-7-3)34-31-29-27-25-18-16-14-12-10-6-2;1-5(2,3)4/h2*5-35H2,1-4H3;(H2,1,2,3,4)/q2*+1;/p-2. The Bertz CT molecular complexity index is 1090. The Labute approximate surface area is 489 Å². The maximum atomic E-state index is 8.52. The molecule has 0 aromatic heterocycles. The zero-order valence-corrected chi connectivity index (χ0v) is 55.6. The van der Waals surface area contributed by atoms with Gasteiger partial charge in [0.25, 0.3) is 0 Å². The van der Waals surface area contributed by atoms with Crippen molar-refractivity contribution in [2.45, 2.75) is 402 Å². The molecule has 77 heavy (non-hydrogen) atoms. The molecule has 7 heteroatoms. The van der Waals surface area contributed by atoms with E-state index in [0.717, 1.165) is 0 Å². The van der Waals surface area contributed by atoms with E-state index in [1.165, 1.54) is 408 Å². The molecule has 2 atom stereocenters. The summed E-state index contributed by atoms with van der Waals surface area (Å²) in [4.78, 5) is 0. The van der Waals surface area contributed by atoms with Crippen molar-refractivity contribution in [1.82, 2.24) is 0 Å². The lowest BCUT2D eigenvalue weighted by molar-refractivity contribution is -0.927. The fourth-order valence-electron chi connectivity index (χ4n) is 12.4. The van der Waals surface area contributed by atoms with Gasteiger partial charge in [-0.15, -0.1) is 0 Å². The van der Waals surface area contributed by atoms with Crippen LogP contribution in [0.15, 0.2) is 0 Å². The van der Waals surface area contributed by atoms with Crippen LogP contribution in [0.2, 0.25) is 0 Å². The number of rotatable bonds is 62. The Morgan fingerprint density at radius 1 is 0.195 bits per heavy atom. The van der Waals surface area contributed by atoms with Gasteiger partial charge in [-0.3, -0.25) is 8.42 Å². The molecule has 0 spiro atoms. The highest BCUT2D eigenvalue weighted by atomic mass is 32.3. The molecule has 0 saturated heterocycles. The van der Waals surface area contributed by atoms with Crippen LogP contribution in [0.4, 0.5) is 0 Å². The predicted octanol–water partition coefficient (Wildman–Crippen LogP) is 23.5. The molecular weight excluding hydrogens is 965 g/mol. The van der Waals surface area contributed by atoms with Crippen molar-refractivity contribution < 1.29 is 26.5 Å². The second-order valence-electron chi connectivity index (χ2n) is 25.0. The van der Waals surface area contributed by atoms with E-state index in [9.17, 15) is 0 Å². The van der Waals surface area contributed by atoms with Gasteiger partial charge in [-0.05, 0) is 78.1 Å². The minimum absolute atomic E-state index is 1.35. The fraction of sp³-hybridized carbons (Fsp3) is 1.00. The topological polar surface area (TPSA) is 80.3 Å². The van der Waals surface area contributed by atoms with Crippen LogP contribution in [0, 0.1) is 0 Å². The smallest absolute Gasteiger partial charge is 0.0786 e. The normalized spacial score (nSPS) is 13.2.